The van der Waals surface area contributed by atoms with Crippen LogP contribution in [0.4, 0.5) is 4.39 Å². The predicted molar refractivity (Wildman–Crippen MR) is 171 cm³/mol. The smallest absolute Gasteiger partial charge is 0.338 e. The zero-order chi connectivity index (χ0) is 36.5. The molecule has 3 atom stereocenters. The predicted octanol–water partition coefficient (Wildman–Crippen LogP) is 2.28. The number of aromatic nitrogens is 3. The van der Waals surface area contributed by atoms with Crippen LogP contribution in [0, 0.1) is 5.82 Å². The molecule has 0 radical (unpaired) electrons. The van der Waals surface area contributed by atoms with Gasteiger partial charge in [-0.15, -0.1) is 5.10 Å². The summed E-state index contributed by atoms with van der Waals surface area (Å²) in [5.74, 6) is -6.16. The molecule has 0 fully saturated rings. The third kappa shape index (κ3) is 9.24. The number of aromatic hydroxyl groups is 6. The Labute approximate surface area is 289 Å². The molecule has 0 amide bonds. The van der Waals surface area contributed by atoms with Crippen LogP contribution in [0.5, 0.6) is 40.2 Å². The van der Waals surface area contributed by atoms with Gasteiger partial charge in [-0.2, -0.15) is 0 Å². The molecule has 1 aromatic heterocycles. The lowest BCUT2D eigenvalue weighted by molar-refractivity contribution is -0.116. The molecule has 0 saturated heterocycles. The van der Waals surface area contributed by atoms with E-state index in [-0.39, 0.29) is 34.8 Å². The number of halogens is 1. The van der Waals surface area contributed by atoms with Crippen molar-refractivity contribution < 1.29 is 68.2 Å². The number of nitrogens with two attached hydrogens (primary N) is 1. The van der Waals surface area contributed by atoms with Gasteiger partial charge in [0.15, 0.2) is 41.0 Å². The molecule has 0 saturated carbocycles. The van der Waals surface area contributed by atoms with Crippen LogP contribution in [-0.4, -0.2) is 104 Å². The first-order valence-corrected chi connectivity index (χ1v) is 15.7. The number of benzene rings is 3. The van der Waals surface area contributed by atoms with E-state index < -0.39 is 58.8 Å². The fourth-order valence-corrected chi connectivity index (χ4v) is 5.16. The van der Waals surface area contributed by atoms with Crippen molar-refractivity contribution >= 4 is 5.97 Å². The van der Waals surface area contributed by atoms with Crippen LogP contribution in [0.3, 0.4) is 0 Å². The second kappa shape index (κ2) is 17.0. The normalized spacial score (nSPS) is 16.8. The minimum absolute atomic E-state index is 0.0177. The lowest BCUT2D eigenvalue weighted by Crippen LogP contribution is -2.39. The van der Waals surface area contributed by atoms with Gasteiger partial charge in [-0.1, -0.05) is 5.21 Å². The molecule has 2 heterocycles. The number of phenolic OH excluding ortho intramolecular Hbond substituents is 6. The van der Waals surface area contributed by atoms with Crippen LogP contribution < -0.4 is 10.5 Å². The van der Waals surface area contributed by atoms with Crippen molar-refractivity contribution in [3.05, 3.63) is 76.9 Å². The maximum absolute atomic E-state index is 14.2. The molecule has 1 aliphatic rings. The number of fused-ring (bicyclic) bond motifs is 1. The Morgan fingerprint density at radius 1 is 0.863 bits per heavy atom. The number of nitrogens with zero attached hydrogens (tertiary/aromatic N) is 3. The number of rotatable bonds is 17. The topological polar surface area (TPSA) is 251 Å². The van der Waals surface area contributed by atoms with Crippen molar-refractivity contribution in [1.29, 1.82) is 0 Å². The summed E-state index contributed by atoms with van der Waals surface area (Å²) in [4.78, 5) is 13.4. The minimum Gasteiger partial charge on any atom is -0.508 e. The van der Waals surface area contributed by atoms with E-state index in [1.54, 1.807) is 6.20 Å². The Morgan fingerprint density at radius 2 is 1.55 bits per heavy atom. The Bertz CT molecular complexity index is 1780. The Hall–Kier alpha value is -5.40. The lowest BCUT2D eigenvalue weighted by atomic mass is 9.90. The second-order valence-corrected chi connectivity index (χ2v) is 11.2. The van der Waals surface area contributed by atoms with E-state index >= 15 is 0 Å². The van der Waals surface area contributed by atoms with Crippen molar-refractivity contribution in [2.24, 2.45) is 5.73 Å². The molecule has 274 valence electrons. The monoisotopic (exact) mass is 716 g/mol. The molecule has 0 bridgehead atoms. The lowest BCUT2D eigenvalue weighted by Gasteiger charge is -2.39. The molecule has 0 aliphatic carbocycles. The van der Waals surface area contributed by atoms with Crippen LogP contribution in [0.25, 0.3) is 0 Å². The Balaban J connectivity index is 1.35. The number of esters is 1. The van der Waals surface area contributed by atoms with Gasteiger partial charge >= 0.3 is 5.97 Å². The van der Waals surface area contributed by atoms with Crippen LogP contribution in [-0.2, 0) is 36.8 Å². The summed E-state index contributed by atoms with van der Waals surface area (Å²) in [7, 11) is 0. The summed E-state index contributed by atoms with van der Waals surface area (Å²) in [6, 6.07) is 7.10. The van der Waals surface area contributed by atoms with E-state index in [1.165, 1.54) is 10.7 Å². The highest BCUT2D eigenvalue weighted by Crippen LogP contribution is 2.51. The highest BCUT2D eigenvalue weighted by atomic mass is 19.1. The van der Waals surface area contributed by atoms with Gasteiger partial charge in [0.05, 0.1) is 70.1 Å². The van der Waals surface area contributed by atoms with Gasteiger partial charge in [0, 0.05) is 24.2 Å². The quantitative estimate of drug-likeness (QED) is 0.0470. The Kier molecular flexibility index (Phi) is 12.3. The molecule has 1 aliphatic heterocycles. The summed E-state index contributed by atoms with van der Waals surface area (Å²) in [6.07, 6.45) is -2.74. The maximum Gasteiger partial charge on any atom is 0.338 e. The molecule has 51 heavy (non-hydrogen) atoms. The zero-order valence-corrected chi connectivity index (χ0v) is 27.1. The van der Waals surface area contributed by atoms with Crippen LogP contribution in [0.1, 0.15) is 39.4 Å². The zero-order valence-electron chi connectivity index (χ0n) is 27.1. The first kappa shape index (κ1) is 36.9. The fraction of sp³-hybridized carbons (Fsp3) is 0.364. The summed E-state index contributed by atoms with van der Waals surface area (Å²) in [6.45, 7) is 2.86. The largest absolute Gasteiger partial charge is 0.508 e. The van der Waals surface area contributed by atoms with E-state index in [0.717, 1.165) is 36.4 Å². The van der Waals surface area contributed by atoms with E-state index in [1.807, 2.05) is 0 Å². The first-order chi connectivity index (χ1) is 24.5. The van der Waals surface area contributed by atoms with Crippen molar-refractivity contribution in [3.8, 4) is 40.2 Å². The van der Waals surface area contributed by atoms with Gasteiger partial charge in [-0.3, -0.25) is 0 Å². The molecule has 5 rings (SSSR count). The van der Waals surface area contributed by atoms with Gasteiger partial charge < -0.3 is 64.8 Å². The molecule has 4 aromatic rings. The van der Waals surface area contributed by atoms with Crippen LogP contribution in [0.15, 0.2) is 48.7 Å². The molecular weight excluding hydrogens is 679 g/mol. The third-order valence-corrected chi connectivity index (χ3v) is 7.56. The summed E-state index contributed by atoms with van der Waals surface area (Å²) in [5, 5.41) is 69.5. The number of phenols is 6. The average Bonchev–Trinajstić information content (AvgIpc) is 3.55. The minimum atomic E-state index is -1.53. The van der Waals surface area contributed by atoms with Gasteiger partial charge in [0.2, 0.25) is 0 Å². The highest BCUT2D eigenvalue weighted by molar-refractivity contribution is 5.89. The van der Waals surface area contributed by atoms with Gasteiger partial charge in [-0.25, -0.2) is 13.9 Å². The molecule has 8 N–H and O–H groups in total. The van der Waals surface area contributed by atoms with Crippen molar-refractivity contribution in [2.45, 2.75) is 31.5 Å². The van der Waals surface area contributed by atoms with Gasteiger partial charge in [-0.05, 0) is 30.3 Å². The second-order valence-electron chi connectivity index (χ2n) is 11.2. The van der Waals surface area contributed by atoms with E-state index in [9.17, 15) is 39.8 Å². The third-order valence-electron chi connectivity index (χ3n) is 7.56. The number of carbonyl (C=O) groups excluding carboxylic acids is 1. The first-order valence-electron chi connectivity index (χ1n) is 15.7. The van der Waals surface area contributed by atoms with E-state index in [4.69, 9.17) is 34.2 Å². The van der Waals surface area contributed by atoms with Gasteiger partial charge in [0.25, 0.3) is 0 Å². The van der Waals surface area contributed by atoms with Crippen molar-refractivity contribution in [1.82, 2.24) is 15.0 Å². The number of carbonyl (C=O) groups is 1. The van der Waals surface area contributed by atoms with Crippen molar-refractivity contribution in [3.63, 3.8) is 0 Å². The standard InChI is InChI=1S/C33H37FN4O13/c34-22-11-18(1-2-23(22)40)33(45)51-32-30(19-12-25(42)29(44)26(43)13-19)50-27-15-21(39)14-24(41)28(27)31(32)49-17-20-16-38(37-36-20)4-6-47-8-10-48-9-7-46-5-3-35/h1-2,11-16,30-32,39-44H,3-10,17,35H2. The Morgan fingerprint density at radius 3 is 2.24 bits per heavy atom. The van der Waals surface area contributed by atoms with Crippen LogP contribution >= 0.6 is 0 Å². The molecule has 3 unspecified atom stereocenters. The number of hydrogen-bond acceptors (Lipinski definition) is 16. The van der Waals surface area contributed by atoms with E-state index in [0.29, 0.717) is 58.4 Å². The summed E-state index contributed by atoms with van der Waals surface area (Å²) < 4.78 is 49.9. The average molecular weight is 717 g/mol. The molecule has 18 heteroatoms. The molecule has 17 nitrogen and oxygen atoms in total. The molecule has 3 aromatic carbocycles. The van der Waals surface area contributed by atoms with Crippen molar-refractivity contribution in [2.75, 3.05) is 46.2 Å². The highest BCUT2D eigenvalue weighted by Gasteiger charge is 2.45. The SMILES string of the molecule is NCCOCCOCCOCCn1cc(COC2c3c(O)cc(O)cc3OC(c3cc(O)c(O)c(O)c3)C2OC(=O)c2ccc(O)c(F)c2)nn1. The number of hydrogen-bond donors (Lipinski definition) is 7. The summed E-state index contributed by atoms with van der Waals surface area (Å²) in [5.41, 5.74) is 5.32. The number of ether oxygens (including phenoxy) is 6. The molecule has 0 spiro atoms. The van der Waals surface area contributed by atoms with Gasteiger partial charge in [0.1, 0.15) is 29.0 Å². The molecular formula is C33H37FN4O13. The van der Waals surface area contributed by atoms with Crippen LogP contribution in [0.2, 0.25) is 0 Å². The maximum atomic E-state index is 14.2. The van der Waals surface area contributed by atoms with E-state index in [2.05, 4.69) is 10.3 Å². The fourth-order valence-electron chi connectivity index (χ4n) is 5.16. The summed E-state index contributed by atoms with van der Waals surface area (Å²) >= 11 is 0.